The van der Waals surface area contributed by atoms with Crippen molar-refractivity contribution in [1.29, 1.82) is 0 Å². The average molecular weight is 280 g/mol. The molecule has 0 atom stereocenters. The molecule has 0 aliphatic carbocycles. The minimum atomic E-state index is -0.885. The number of ether oxygens (including phenoxy) is 1. The van der Waals surface area contributed by atoms with Gasteiger partial charge >= 0.3 is 0 Å². The Hall–Kier alpha value is -2.54. The van der Waals surface area contributed by atoms with Crippen LogP contribution >= 0.6 is 0 Å². The Morgan fingerprint density at radius 3 is 2.15 bits per heavy atom. The van der Waals surface area contributed by atoms with E-state index in [2.05, 4.69) is 0 Å². The van der Waals surface area contributed by atoms with E-state index in [0.29, 0.717) is 5.56 Å². The average Bonchev–Trinajstić information content (AvgIpc) is 2.43. The third-order valence-electron chi connectivity index (χ3n) is 2.56. The molecular formula is C13H10F2N2O3. The Labute approximate surface area is 112 Å². The van der Waals surface area contributed by atoms with Gasteiger partial charge in [0.2, 0.25) is 0 Å². The van der Waals surface area contributed by atoms with Crippen LogP contribution in [-0.4, -0.2) is 4.92 Å². The van der Waals surface area contributed by atoms with E-state index >= 15 is 0 Å². The topological polar surface area (TPSA) is 78.4 Å². The van der Waals surface area contributed by atoms with Crippen LogP contribution in [0.15, 0.2) is 36.4 Å². The summed E-state index contributed by atoms with van der Waals surface area (Å²) in [4.78, 5) is 9.90. The van der Waals surface area contributed by atoms with E-state index in [1.165, 1.54) is 24.3 Å². The van der Waals surface area contributed by atoms with E-state index in [0.717, 1.165) is 12.1 Å². The molecule has 0 bridgehead atoms. The van der Waals surface area contributed by atoms with E-state index in [9.17, 15) is 18.9 Å². The van der Waals surface area contributed by atoms with Gasteiger partial charge in [0.25, 0.3) is 5.69 Å². The van der Waals surface area contributed by atoms with Gasteiger partial charge in [-0.25, -0.2) is 8.78 Å². The fraction of sp³-hybridized carbons (Fsp3) is 0.0769. The Balaban J connectivity index is 2.28. The fourth-order valence-electron chi connectivity index (χ4n) is 1.58. The summed E-state index contributed by atoms with van der Waals surface area (Å²) in [5, 5.41) is 10.5. The van der Waals surface area contributed by atoms with Gasteiger partial charge in [0.05, 0.1) is 4.92 Å². The van der Waals surface area contributed by atoms with Gasteiger partial charge in [0.15, 0.2) is 17.4 Å². The second-order valence-electron chi connectivity index (χ2n) is 3.95. The number of non-ortho nitro benzene ring substituents is 1. The lowest BCUT2D eigenvalue weighted by Gasteiger charge is -2.09. The normalized spacial score (nSPS) is 10.3. The zero-order valence-electron chi connectivity index (χ0n) is 10.2. The highest BCUT2D eigenvalue weighted by atomic mass is 19.1. The van der Waals surface area contributed by atoms with Crippen molar-refractivity contribution in [3.8, 4) is 11.5 Å². The summed E-state index contributed by atoms with van der Waals surface area (Å²) in [6, 6.07) is 7.02. The van der Waals surface area contributed by atoms with Crippen molar-refractivity contribution in [3.63, 3.8) is 0 Å². The standard InChI is InChI=1S/C13H10F2N2O3/c14-11-5-8(7-16)6-12(15)13(11)20-10-3-1-9(2-4-10)17(18)19/h1-6H,7,16H2. The zero-order valence-corrected chi connectivity index (χ0v) is 10.2. The summed E-state index contributed by atoms with van der Waals surface area (Å²) >= 11 is 0. The van der Waals surface area contributed by atoms with Gasteiger partial charge in [-0.05, 0) is 29.8 Å². The molecule has 0 spiro atoms. The van der Waals surface area contributed by atoms with Crippen molar-refractivity contribution < 1.29 is 18.4 Å². The highest BCUT2D eigenvalue weighted by Gasteiger charge is 2.14. The molecule has 0 aromatic heterocycles. The Morgan fingerprint density at radius 2 is 1.70 bits per heavy atom. The van der Waals surface area contributed by atoms with Crippen molar-refractivity contribution in [2.75, 3.05) is 0 Å². The number of rotatable bonds is 4. The first kappa shape index (κ1) is 13.9. The largest absolute Gasteiger partial charge is 0.451 e. The number of benzene rings is 2. The predicted octanol–water partition coefficient (Wildman–Crippen LogP) is 3.12. The van der Waals surface area contributed by atoms with Crippen molar-refractivity contribution in [1.82, 2.24) is 0 Å². The second-order valence-corrected chi connectivity index (χ2v) is 3.95. The summed E-state index contributed by atoms with van der Waals surface area (Å²) in [6.45, 7) is 0.00561. The van der Waals surface area contributed by atoms with Crippen LogP contribution in [0.4, 0.5) is 14.5 Å². The Bertz CT molecular complexity index is 622. The summed E-state index contributed by atoms with van der Waals surface area (Å²) in [6.07, 6.45) is 0. The molecule has 0 amide bonds. The SMILES string of the molecule is NCc1cc(F)c(Oc2ccc([N+](=O)[O-])cc2)c(F)c1. The molecule has 20 heavy (non-hydrogen) atoms. The highest BCUT2D eigenvalue weighted by Crippen LogP contribution is 2.29. The minimum Gasteiger partial charge on any atom is -0.451 e. The lowest BCUT2D eigenvalue weighted by atomic mass is 10.2. The maximum atomic E-state index is 13.7. The molecule has 2 N–H and O–H groups in total. The van der Waals surface area contributed by atoms with Crippen molar-refractivity contribution >= 4 is 5.69 Å². The van der Waals surface area contributed by atoms with Crippen LogP contribution in [-0.2, 0) is 6.54 Å². The van der Waals surface area contributed by atoms with Gasteiger partial charge in [0, 0.05) is 18.7 Å². The molecule has 0 unspecified atom stereocenters. The van der Waals surface area contributed by atoms with Crippen molar-refractivity contribution in [2.24, 2.45) is 5.73 Å². The quantitative estimate of drug-likeness (QED) is 0.689. The summed E-state index contributed by atoms with van der Waals surface area (Å²) in [5.41, 5.74) is 5.46. The van der Waals surface area contributed by atoms with Crippen molar-refractivity contribution in [2.45, 2.75) is 6.54 Å². The van der Waals surface area contributed by atoms with Crippen LogP contribution in [0.5, 0.6) is 11.5 Å². The van der Waals surface area contributed by atoms with E-state index in [1.807, 2.05) is 0 Å². The van der Waals surface area contributed by atoms with Gasteiger partial charge < -0.3 is 10.5 Å². The first-order valence-electron chi connectivity index (χ1n) is 5.61. The van der Waals surface area contributed by atoms with Crippen LogP contribution < -0.4 is 10.5 Å². The molecule has 2 rings (SSSR count). The van der Waals surface area contributed by atoms with Crippen LogP contribution in [0, 0.1) is 21.7 Å². The van der Waals surface area contributed by atoms with Crippen molar-refractivity contribution in [3.05, 3.63) is 63.7 Å². The molecule has 0 fully saturated rings. The highest BCUT2D eigenvalue weighted by molar-refractivity contribution is 5.40. The molecular weight excluding hydrogens is 270 g/mol. The third kappa shape index (κ3) is 2.89. The minimum absolute atomic E-state index is 0.00561. The van der Waals surface area contributed by atoms with Crippen LogP contribution in [0.3, 0.4) is 0 Å². The molecule has 7 heteroatoms. The number of nitrogens with two attached hydrogens (primary N) is 1. The van der Waals surface area contributed by atoms with Crippen LogP contribution in [0.25, 0.3) is 0 Å². The number of nitro benzene ring substituents is 1. The summed E-state index contributed by atoms with van der Waals surface area (Å²) in [5.74, 6) is -2.25. The van der Waals surface area contributed by atoms with E-state index in [1.54, 1.807) is 0 Å². The van der Waals surface area contributed by atoms with Gasteiger partial charge in [0.1, 0.15) is 5.75 Å². The summed E-state index contributed by atoms with van der Waals surface area (Å²) < 4.78 is 32.4. The van der Waals surface area contributed by atoms with E-state index in [-0.39, 0.29) is 18.0 Å². The van der Waals surface area contributed by atoms with E-state index < -0.39 is 22.3 Å². The first-order valence-corrected chi connectivity index (χ1v) is 5.61. The molecule has 0 aliphatic rings. The monoisotopic (exact) mass is 280 g/mol. The lowest BCUT2D eigenvalue weighted by molar-refractivity contribution is -0.384. The fourth-order valence-corrected chi connectivity index (χ4v) is 1.58. The first-order chi connectivity index (χ1) is 9.51. The maximum absolute atomic E-state index is 13.7. The number of nitrogens with zero attached hydrogens (tertiary/aromatic N) is 1. The molecule has 0 saturated heterocycles. The number of halogens is 2. The smallest absolute Gasteiger partial charge is 0.269 e. The predicted molar refractivity (Wildman–Crippen MR) is 67.4 cm³/mol. The van der Waals surface area contributed by atoms with Crippen LogP contribution in [0.1, 0.15) is 5.56 Å². The van der Waals surface area contributed by atoms with Gasteiger partial charge in [-0.2, -0.15) is 0 Å². The number of hydrogen-bond donors (Lipinski definition) is 1. The Kier molecular flexibility index (Phi) is 3.90. The van der Waals surface area contributed by atoms with Gasteiger partial charge in [-0.3, -0.25) is 10.1 Å². The van der Waals surface area contributed by atoms with Gasteiger partial charge in [-0.1, -0.05) is 0 Å². The number of hydrogen-bond acceptors (Lipinski definition) is 4. The van der Waals surface area contributed by atoms with Gasteiger partial charge in [-0.15, -0.1) is 0 Å². The van der Waals surface area contributed by atoms with Crippen LogP contribution in [0.2, 0.25) is 0 Å². The lowest BCUT2D eigenvalue weighted by Crippen LogP contribution is -2.00. The molecule has 0 saturated carbocycles. The maximum Gasteiger partial charge on any atom is 0.269 e. The molecule has 5 nitrogen and oxygen atoms in total. The molecule has 2 aromatic rings. The third-order valence-corrected chi connectivity index (χ3v) is 2.56. The molecule has 2 aromatic carbocycles. The summed E-state index contributed by atoms with van der Waals surface area (Å²) in [7, 11) is 0. The second kappa shape index (κ2) is 5.62. The number of nitro groups is 1. The molecule has 104 valence electrons. The zero-order chi connectivity index (χ0) is 14.7. The molecule has 0 radical (unpaired) electrons. The molecule has 0 aliphatic heterocycles. The Morgan fingerprint density at radius 1 is 1.15 bits per heavy atom. The molecule has 0 heterocycles. The van der Waals surface area contributed by atoms with E-state index in [4.69, 9.17) is 10.5 Å².